The Morgan fingerprint density at radius 1 is 1.26 bits per heavy atom. The van der Waals surface area contributed by atoms with Crippen LogP contribution in [-0.4, -0.2) is 43.1 Å². The average molecular weight is 315 g/mol. The number of aryl methyl sites for hydroxylation is 1. The van der Waals surface area contributed by atoms with Gasteiger partial charge in [-0.15, -0.1) is 0 Å². The molecule has 1 aromatic heterocycles. The molecule has 0 bridgehead atoms. The molecule has 1 aromatic carbocycles. The van der Waals surface area contributed by atoms with Gasteiger partial charge >= 0.3 is 0 Å². The van der Waals surface area contributed by atoms with Crippen molar-refractivity contribution >= 4 is 5.91 Å². The van der Waals surface area contributed by atoms with Gasteiger partial charge < -0.3 is 14.6 Å². The fraction of sp³-hybridized carbons (Fsp3) is 0.389. The molecule has 5 heteroatoms. The molecule has 0 aliphatic rings. The molecule has 0 spiro atoms. The van der Waals surface area contributed by atoms with Crippen molar-refractivity contribution in [2.45, 2.75) is 12.5 Å². The van der Waals surface area contributed by atoms with Crippen molar-refractivity contribution < 1.29 is 9.53 Å². The molecule has 0 radical (unpaired) electrons. The third kappa shape index (κ3) is 4.60. The van der Waals surface area contributed by atoms with E-state index < -0.39 is 0 Å². The van der Waals surface area contributed by atoms with Gasteiger partial charge in [0.2, 0.25) is 5.91 Å². The molecule has 124 valence electrons. The lowest BCUT2D eigenvalue weighted by atomic mass is 10.1. The Morgan fingerprint density at radius 3 is 2.48 bits per heavy atom. The minimum Gasteiger partial charge on any atom is -0.497 e. The molecule has 0 fully saturated rings. The quantitative estimate of drug-likeness (QED) is 0.850. The predicted octanol–water partition coefficient (Wildman–Crippen LogP) is 2.00. The lowest BCUT2D eigenvalue weighted by Gasteiger charge is -2.25. The summed E-state index contributed by atoms with van der Waals surface area (Å²) in [6, 6.07) is 11.8. The van der Waals surface area contributed by atoms with Gasteiger partial charge in [-0.05, 0) is 43.9 Å². The van der Waals surface area contributed by atoms with Gasteiger partial charge in [0.05, 0.1) is 19.6 Å². The fourth-order valence-corrected chi connectivity index (χ4v) is 2.57. The van der Waals surface area contributed by atoms with Crippen molar-refractivity contribution in [2.75, 3.05) is 27.7 Å². The van der Waals surface area contributed by atoms with Crippen molar-refractivity contribution in [1.82, 2.24) is 14.8 Å². The molecule has 1 amide bonds. The molecular weight excluding hydrogens is 290 g/mol. The van der Waals surface area contributed by atoms with Crippen LogP contribution >= 0.6 is 0 Å². The zero-order chi connectivity index (χ0) is 16.8. The molecule has 1 atom stereocenters. The van der Waals surface area contributed by atoms with Crippen LogP contribution < -0.4 is 10.1 Å². The molecule has 5 nitrogen and oxygen atoms in total. The Balaban J connectivity index is 1.92. The number of benzene rings is 1. The Kier molecular flexibility index (Phi) is 5.82. The predicted molar refractivity (Wildman–Crippen MR) is 91.5 cm³/mol. The summed E-state index contributed by atoms with van der Waals surface area (Å²) in [5, 5.41) is 3.03. The topological polar surface area (TPSA) is 46.5 Å². The summed E-state index contributed by atoms with van der Waals surface area (Å²) < 4.78 is 7.21. The number of rotatable bonds is 7. The number of hydrogen-bond donors (Lipinski definition) is 1. The van der Waals surface area contributed by atoms with E-state index in [0.717, 1.165) is 11.3 Å². The first-order valence-electron chi connectivity index (χ1n) is 7.68. The van der Waals surface area contributed by atoms with E-state index in [1.54, 1.807) is 7.11 Å². The van der Waals surface area contributed by atoms with Crippen LogP contribution in [0.2, 0.25) is 0 Å². The van der Waals surface area contributed by atoms with E-state index in [1.807, 2.05) is 57.7 Å². The largest absolute Gasteiger partial charge is 0.497 e. The van der Waals surface area contributed by atoms with Crippen LogP contribution in [0.5, 0.6) is 5.75 Å². The van der Waals surface area contributed by atoms with E-state index in [4.69, 9.17) is 4.74 Å². The van der Waals surface area contributed by atoms with Gasteiger partial charge in [-0.25, -0.2) is 0 Å². The summed E-state index contributed by atoms with van der Waals surface area (Å²) in [7, 11) is 7.69. The standard InChI is InChI=1S/C18H25N3O2/c1-20(2)17(16-6-5-11-21(16)3)13-19-18(22)12-14-7-9-15(23-4)10-8-14/h5-11,17H,12-13H2,1-4H3,(H,19,22). The van der Waals surface area contributed by atoms with Crippen LogP contribution in [0.1, 0.15) is 17.3 Å². The maximum Gasteiger partial charge on any atom is 0.224 e. The Labute approximate surface area is 137 Å². The van der Waals surface area contributed by atoms with Crippen LogP contribution in [0.25, 0.3) is 0 Å². The van der Waals surface area contributed by atoms with Crippen molar-refractivity contribution in [3.63, 3.8) is 0 Å². The zero-order valence-corrected chi connectivity index (χ0v) is 14.2. The molecule has 0 saturated heterocycles. The van der Waals surface area contributed by atoms with E-state index in [1.165, 1.54) is 5.69 Å². The van der Waals surface area contributed by atoms with Crippen LogP contribution in [-0.2, 0) is 18.3 Å². The number of hydrogen-bond acceptors (Lipinski definition) is 3. The zero-order valence-electron chi connectivity index (χ0n) is 14.2. The van der Waals surface area contributed by atoms with Crippen molar-refractivity contribution in [2.24, 2.45) is 7.05 Å². The van der Waals surface area contributed by atoms with E-state index in [9.17, 15) is 4.79 Å². The highest BCUT2D eigenvalue weighted by molar-refractivity contribution is 5.78. The number of nitrogens with one attached hydrogen (secondary N) is 1. The minimum absolute atomic E-state index is 0.0243. The fourth-order valence-electron chi connectivity index (χ4n) is 2.57. The molecule has 0 saturated carbocycles. The summed E-state index contributed by atoms with van der Waals surface area (Å²) in [6.07, 6.45) is 2.39. The molecule has 1 heterocycles. The number of aromatic nitrogens is 1. The molecule has 0 aliphatic carbocycles. The van der Waals surface area contributed by atoms with E-state index in [0.29, 0.717) is 13.0 Å². The van der Waals surface area contributed by atoms with Gasteiger partial charge in [-0.3, -0.25) is 9.69 Å². The SMILES string of the molecule is COc1ccc(CC(=O)NCC(c2cccn2C)N(C)C)cc1. The van der Waals surface area contributed by atoms with Gasteiger partial charge in [0.15, 0.2) is 0 Å². The summed E-state index contributed by atoms with van der Waals surface area (Å²) in [4.78, 5) is 14.3. The van der Waals surface area contributed by atoms with Crippen molar-refractivity contribution in [1.29, 1.82) is 0 Å². The molecular formula is C18H25N3O2. The highest BCUT2D eigenvalue weighted by Gasteiger charge is 2.17. The third-order valence-electron chi connectivity index (χ3n) is 3.97. The first kappa shape index (κ1) is 17.1. The monoisotopic (exact) mass is 315 g/mol. The number of amides is 1. The normalized spacial score (nSPS) is 12.2. The second-order valence-corrected chi connectivity index (χ2v) is 5.85. The maximum atomic E-state index is 12.2. The Morgan fingerprint density at radius 2 is 1.96 bits per heavy atom. The first-order valence-corrected chi connectivity index (χ1v) is 7.68. The van der Waals surface area contributed by atoms with E-state index >= 15 is 0 Å². The van der Waals surface area contributed by atoms with Crippen LogP contribution in [0.4, 0.5) is 0 Å². The number of likely N-dealkylation sites (N-methyl/N-ethyl adjacent to an activating group) is 1. The summed E-state index contributed by atoms with van der Waals surface area (Å²) in [5.41, 5.74) is 2.16. The summed E-state index contributed by atoms with van der Waals surface area (Å²) >= 11 is 0. The number of ether oxygens (including phenoxy) is 1. The number of carbonyl (C=O) groups excluding carboxylic acids is 1. The van der Waals surface area contributed by atoms with Crippen LogP contribution in [0.3, 0.4) is 0 Å². The van der Waals surface area contributed by atoms with Crippen LogP contribution in [0, 0.1) is 0 Å². The van der Waals surface area contributed by atoms with Gasteiger partial charge in [0.25, 0.3) is 0 Å². The Bertz CT molecular complexity index is 632. The minimum atomic E-state index is 0.0243. The molecule has 1 N–H and O–H groups in total. The van der Waals surface area contributed by atoms with Gasteiger partial charge in [0, 0.05) is 25.5 Å². The third-order valence-corrected chi connectivity index (χ3v) is 3.97. The van der Waals surface area contributed by atoms with Crippen LogP contribution in [0.15, 0.2) is 42.6 Å². The van der Waals surface area contributed by atoms with E-state index in [2.05, 4.69) is 20.9 Å². The van der Waals surface area contributed by atoms with Gasteiger partial charge in [-0.1, -0.05) is 12.1 Å². The summed E-state index contributed by atoms with van der Waals surface area (Å²) in [5.74, 6) is 0.821. The number of methoxy groups -OCH3 is 1. The van der Waals surface area contributed by atoms with E-state index in [-0.39, 0.29) is 11.9 Å². The number of carbonyl (C=O) groups is 1. The molecule has 0 aliphatic heterocycles. The smallest absolute Gasteiger partial charge is 0.224 e. The molecule has 23 heavy (non-hydrogen) atoms. The maximum absolute atomic E-state index is 12.2. The lowest BCUT2D eigenvalue weighted by Crippen LogP contribution is -2.36. The lowest BCUT2D eigenvalue weighted by molar-refractivity contribution is -0.120. The molecule has 1 unspecified atom stereocenters. The highest BCUT2D eigenvalue weighted by Crippen LogP contribution is 2.17. The average Bonchev–Trinajstić information content (AvgIpc) is 2.94. The van der Waals surface area contributed by atoms with Gasteiger partial charge in [0.1, 0.15) is 5.75 Å². The second-order valence-electron chi connectivity index (χ2n) is 5.85. The Hall–Kier alpha value is -2.27. The summed E-state index contributed by atoms with van der Waals surface area (Å²) in [6.45, 7) is 0.583. The van der Waals surface area contributed by atoms with Gasteiger partial charge in [-0.2, -0.15) is 0 Å². The molecule has 2 aromatic rings. The highest BCUT2D eigenvalue weighted by atomic mass is 16.5. The van der Waals surface area contributed by atoms with Crippen molar-refractivity contribution in [3.05, 3.63) is 53.9 Å². The molecule has 2 rings (SSSR count). The second kappa shape index (κ2) is 7.83. The first-order chi connectivity index (χ1) is 11.0. The number of nitrogens with zero attached hydrogens (tertiary/aromatic N) is 2. The van der Waals surface area contributed by atoms with Crippen molar-refractivity contribution in [3.8, 4) is 5.75 Å².